The predicted molar refractivity (Wildman–Crippen MR) is 245 cm³/mol. The van der Waals surface area contributed by atoms with E-state index in [4.69, 9.17) is 16.8 Å². The van der Waals surface area contributed by atoms with Crippen molar-refractivity contribution in [2.45, 2.75) is 0 Å². The van der Waals surface area contributed by atoms with Gasteiger partial charge in [0, 0.05) is 33.2 Å². The third-order valence-electron chi connectivity index (χ3n) is 10.2. The van der Waals surface area contributed by atoms with E-state index in [9.17, 15) is 11.0 Å². The highest BCUT2D eigenvalue weighted by molar-refractivity contribution is 6.19. The first-order valence-electron chi connectivity index (χ1n) is 27.0. The summed E-state index contributed by atoms with van der Waals surface area (Å²) in [5.74, 6) is 0. The van der Waals surface area contributed by atoms with Crippen molar-refractivity contribution in [1.82, 2.24) is 0 Å². The van der Waals surface area contributed by atoms with E-state index >= 15 is 0 Å². The minimum absolute atomic E-state index is 0.0145. The topological polar surface area (TPSA) is 16.4 Å². The summed E-state index contributed by atoms with van der Waals surface area (Å²) >= 11 is 0. The molecule has 0 spiro atoms. The van der Waals surface area contributed by atoms with E-state index in [0.717, 1.165) is 37.4 Å². The minimum atomic E-state index is -0.879. The lowest BCUT2D eigenvalue weighted by atomic mass is 9.97. The van der Waals surface area contributed by atoms with Crippen LogP contribution < -0.4 is 4.90 Å². The third kappa shape index (κ3) is 5.91. The molecule has 0 aliphatic carbocycles. The number of hydrogen-bond acceptors (Lipinski definition) is 2. The third-order valence-corrected chi connectivity index (χ3v) is 10.2. The Morgan fingerprint density at radius 1 is 0.345 bits per heavy atom. The van der Waals surface area contributed by atoms with Gasteiger partial charge in [-0.15, -0.1) is 0 Å². The summed E-state index contributed by atoms with van der Waals surface area (Å²) in [6, 6.07) is 24.1. The van der Waals surface area contributed by atoms with Crippen LogP contribution in [0.15, 0.2) is 228 Å². The van der Waals surface area contributed by atoms with Gasteiger partial charge in [0.05, 0.1) is 23.3 Å². The Bertz CT molecular complexity index is 4160. The maximum atomic E-state index is 9.62. The molecule has 1 aromatic heterocycles. The number of fused-ring (bicyclic) bond motifs is 6. The fourth-order valence-corrected chi connectivity index (χ4v) is 7.43. The zero-order valence-electron chi connectivity index (χ0n) is 47.4. The molecule has 58 heavy (non-hydrogen) atoms. The molecule has 0 unspecified atom stereocenters. The van der Waals surface area contributed by atoms with Crippen molar-refractivity contribution in [2.24, 2.45) is 0 Å². The highest BCUT2D eigenvalue weighted by atomic mass is 16.3. The summed E-state index contributed by atoms with van der Waals surface area (Å²) in [5.41, 5.74) is -0.174. The fraction of sp³-hybridized carbons (Fsp3) is 0. The van der Waals surface area contributed by atoms with Gasteiger partial charge in [0.1, 0.15) is 11.2 Å². The van der Waals surface area contributed by atoms with E-state index in [2.05, 4.69) is 0 Å². The second-order valence-electron chi connectivity index (χ2n) is 13.6. The SMILES string of the molecule is [2H]c1c([2H])c([2H])c(-c2c([2H])c([2H])c(-c3c([2H])c([2H])c(N(c4ccc(-c5cccc6oc7c8ccccc8ccc7c56)cc4)c4c([2H])c([2H])c(-c5cccc6ccccc56)c([2H])c4[2H])c([2H])c3[2H])c([2H])c2[2H])c([2H])c1[2H]. The summed E-state index contributed by atoms with van der Waals surface area (Å²) in [4.78, 5) is 1.12. The minimum Gasteiger partial charge on any atom is -0.455 e. The Morgan fingerprint density at radius 2 is 0.879 bits per heavy atom. The van der Waals surface area contributed by atoms with Crippen LogP contribution >= 0.6 is 0 Å². The molecule has 2 heteroatoms. The van der Waals surface area contributed by atoms with Crippen LogP contribution in [0.2, 0.25) is 0 Å². The fourth-order valence-electron chi connectivity index (χ4n) is 7.43. The monoisotopic (exact) mass is 756 g/mol. The van der Waals surface area contributed by atoms with Crippen molar-refractivity contribution in [3.8, 4) is 44.5 Å². The summed E-state index contributed by atoms with van der Waals surface area (Å²) in [5, 5.41) is 5.10. The molecule has 1 heterocycles. The van der Waals surface area contributed by atoms with Crippen molar-refractivity contribution < 1.29 is 27.7 Å². The molecule has 11 rings (SSSR count). The average molecular weight is 757 g/mol. The van der Waals surface area contributed by atoms with Crippen LogP contribution in [0.5, 0.6) is 0 Å². The summed E-state index contributed by atoms with van der Waals surface area (Å²) in [7, 11) is 0. The Kier molecular flexibility index (Phi) is 4.98. The molecule has 0 atom stereocenters. The number of furan rings is 1. The molecule has 10 aromatic carbocycles. The van der Waals surface area contributed by atoms with Crippen LogP contribution in [0.4, 0.5) is 17.1 Å². The first-order valence-corrected chi connectivity index (χ1v) is 18.5. The van der Waals surface area contributed by atoms with Gasteiger partial charge in [-0.25, -0.2) is 0 Å². The van der Waals surface area contributed by atoms with Gasteiger partial charge in [0.2, 0.25) is 0 Å². The zero-order chi connectivity index (χ0) is 53.2. The quantitative estimate of drug-likeness (QED) is 0.161. The Morgan fingerprint density at radius 3 is 1.57 bits per heavy atom. The lowest BCUT2D eigenvalue weighted by Crippen LogP contribution is -2.09. The Hall–Kier alpha value is -7.68. The van der Waals surface area contributed by atoms with Gasteiger partial charge in [0.15, 0.2) is 0 Å². The van der Waals surface area contributed by atoms with Gasteiger partial charge in [0.25, 0.3) is 0 Å². The van der Waals surface area contributed by atoms with Crippen LogP contribution in [0, 0.1) is 0 Å². The molecule has 0 fully saturated rings. The van der Waals surface area contributed by atoms with Crippen molar-refractivity contribution in [2.75, 3.05) is 4.90 Å². The molecule has 2 nitrogen and oxygen atoms in total. The van der Waals surface area contributed by atoms with Crippen molar-refractivity contribution in [3.05, 3.63) is 224 Å². The highest BCUT2D eigenvalue weighted by Gasteiger charge is 2.17. The lowest BCUT2D eigenvalue weighted by molar-refractivity contribution is 0.673. The number of nitrogens with zero attached hydrogens (tertiary/aromatic N) is 1. The van der Waals surface area contributed by atoms with Crippen LogP contribution in [-0.4, -0.2) is 0 Å². The molecule has 0 saturated carbocycles. The van der Waals surface area contributed by atoms with Gasteiger partial charge in [-0.2, -0.15) is 0 Å². The molecule has 11 aromatic rings. The standard InChI is InChI=1S/C56H37NO/c1-2-10-38(11-3-1)39-20-22-40(23-21-39)41-24-31-46(32-25-41)57(47-33-26-44(27-34-47)50-17-8-14-42-12-4-6-15-49(42)50)48-35-28-45(29-36-48)51-18-9-19-54-55(51)53-37-30-43-13-5-7-16-52(43)56(53)58-54/h1-37H/i1D,2D,3D,10D,11D,20D,21D,22D,23D,24D,25D,26D,27D,31D,32D,33D,34D. The van der Waals surface area contributed by atoms with Crippen LogP contribution in [-0.2, 0) is 0 Å². The highest BCUT2D eigenvalue weighted by Crippen LogP contribution is 2.42. The Labute approximate surface area is 361 Å². The lowest BCUT2D eigenvalue weighted by Gasteiger charge is -2.26. The molecule has 0 aliphatic rings. The van der Waals surface area contributed by atoms with E-state index in [-0.39, 0.29) is 11.3 Å². The van der Waals surface area contributed by atoms with Crippen LogP contribution in [0.3, 0.4) is 0 Å². The van der Waals surface area contributed by atoms with Gasteiger partial charge < -0.3 is 9.32 Å². The maximum Gasteiger partial charge on any atom is 0.143 e. The smallest absolute Gasteiger partial charge is 0.143 e. The predicted octanol–water partition coefficient (Wildman–Crippen LogP) is 16.0. The second kappa shape index (κ2) is 14.1. The number of rotatable bonds is 7. The summed E-state index contributed by atoms with van der Waals surface area (Å²) < 4.78 is 160. The summed E-state index contributed by atoms with van der Waals surface area (Å²) in [6.45, 7) is 0. The van der Waals surface area contributed by atoms with E-state index < -0.39 is 136 Å². The number of anilines is 3. The van der Waals surface area contributed by atoms with Crippen molar-refractivity contribution in [1.29, 1.82) is 0 Å². The average Bonchev–Trinajstić information content (AvgIpc) is 3.83. The molecule has 0 radical (unpaired) electrons. The first kappa shape index (κ1) is 20.5. The van der Waals surface area contributed by atoms with Crippen LogP contribution in [0.25, 0.3) is 88.0 Å². The number of benzene rings is 10. The van der Waals surface area contributed by atoms with E-state index in [1.165, 1.54) is 0 Å². The molecular weight excluding hydrogens is 703 g/mol. The molecular formula is C56H37NO. The normalized spacial score (nSPS) is 15.6. The summed E-state index contributed by atoms with van der Waals surface area (Å²) in [6.07, 6.45) is 0. The molecule has 0 saturated heterocycles. The molecule has 0 N–H and O–H groups in total. The molecule has 0 amide bonds. The van der Waals surface area contributed by atoms with Crippen LogP contribution in [0.1, 0.15) is 23.3 Å². The van der Waals surface area contributed by atoms with E-state index in [1.54, 1.807) is 48.5 Å². The Balaban J connectivity index is 1.14. The molecule has 0 aliphatic heterocycles. The van der Waals surface area contributed by atoms with Gasteiger partial charge >= 0.3 is 0 Å². The number of hydrogen-bond donors (Lipinski definition) is 0. The van der Waals surface area contributed by atoms with Gasteiger partial charge in [-0.05, 0) is 109 Å². The maximum absolute atomic E-state index is 9.62. The van der Waals surface area contributed by atoms with Crippen molar-refractivity contribution in [3.63, 3.8) is 0 Å². The van der Waals surface area contributed by atoms with E-state index in [0.29, 0.717) is 27.7 Å². The van der Waals surface area contributed by atoms with Crippen molar-refractivity contribution >= 4 is 60.5 Å². The van der Waals surface area contributed by atoms with Gasteiger partial charge in [-0.1, -0.05) is 176 Å². The molecule has 272 valence electrons. The van der Waals surface area contributed by atoms with Gasteiger partial charge in [-0.3, -0.25) is 0 Å². The second-order valence-corrected chi connectivity index (χ2v) is 13.6. The first-order chi connectivity index (χ1) is 35.8. The molecule has 0 bridgehead atoms. The largest absolute Gasteiger partial charge is 0.455 e. The van der Waals surface area contributed by atoms with E-state index in [1.807, 2.05) is 72.8 Å². The zero-order valence-corrected chi connectivity index (χ0v) is 30.4.